The van der Waals surface area contributed by atoms with Crippen molar-refractivity contribution in [1.82, 2.24) is 9.88 Å². The average molecular weight is 378 g/mol. The molecule has 0 aromatic carbocycles. The number of rotatable bonds is 9. The molecule has 1 aromatic rings. The van der Waals surface area contributed by atoms with E-state index in [1.807, 2.05) is 0 Å². The molecule has 0 unspecified atom stereocenters. The second kappa shape index (κ2) is 9.45. The van der Waals surface area contributed by atoms with E-state index in [0.717, 1.165) is 6.04 Å². The van der Waals surface area contributed by atoms with Crippen LogP contribution < -0.4 is 5.56 Å². The smallest absolute Gasteiger partial charge is 0.266 e. The van der Waals surface area contributed by atoms with Gasteiger partial charge < -0.3 is 14.6 Å². The zero-order chi connectivity index (χ0) is 19.9. The number of hydrogen-bond acceptors (Lipinski definition) is 5. The lowest BCUT2D eigenvalue weighted by molar-refractivity contribution is -0.120. The maximum absolute atomic E-state index is 12.9. The minimum absolute atomic E-state index is 0.00446. The molecule has 1 amide bonds. The quantitative estimate of drug-likeness (QED) is 0.404. The number of aromatic amines is 1. The molecule has 0 aliphatic carbocycles. The zero-order valence-corrected chi connectivity index (χ0v) is 17.1. The van der Waals surface area contributed by atoms with Gasteiger partial charge in [-0.05, 0) is 19.0 Å². The predicted octanol–water partition coefficient (Wildman–Crippen LogP) is 2.29. The molecule has 0 bridgehead atoms. The van der Waals surface area contributed by atoms with E-state index in [-0.39, 0.29) is 30.2 Å². The normalized spacial score (nSPS) is 11.1. The summed E-state index contributed by atoms with van der Waals surface area (Å²) in [5, 5.41) is 9.02. The Morgan fingerprint density at radius 3 is 2.54 bits per heavy atom. The van der Waals surface area contributed by atoms with Crippen LogP contribution >= 0.6 is 0 Å². The lowest BCUT2D eigenvalue weighted by Crippen LogP contribution is -2.38. The second-order valence-corrected chi connectivity index (χ2v) is 13.0. The second-order valence-electron chi connectivity index (χ2n) is 7.41. The van der Waals surface area contributed by atoms with Crippen LogP contribution in [0, 0.1) is 18.3 Å². The summed E-state index contributed by atoms with van der Waals surface area (Å²) in [5.41, 5.74) is -0.126. The van der Waals surface area contributed by atoms with Gasteiger partial charge in [0, 0.05) is 26.8 Å². The van der Waals surface area contributed by atoms with E-state index in [2.05, 4.69) is 24.6 Å². The number of ketones is 1. The van der Waals surface area contributed by atoms with E-state index in [0.29, 0.717) is 18.7 Å². The van der Waals surface area contributed by atoms with Gasteiger partial charge in [0.2, 0.25) is 0 Å². The van der Waals surface area contributed by atoms with E-state index < -0.39 is 19.5 Å². The van der Waals surface area contributed by atoms with Gasteiger partial charge in [0.15, 0.2) is 5.78 Å². The summed E-state index contributed by atoms with van der Waals surface area (Å²) in [6.07, 6.45) is 0.312. The Morgan fingerprint density at radius 1 is 1.35 bits per heavy atom. The third kappa shape index (κ3) is 6.58. The van der Waals surface area contributed by atoms with E-state index in [4.69, 9.17) is 10.00 Å². The van der Waals surface area contributed by atoms with Crippen LogP contribution in [0.15, 0.2) is 10.9 Å². The standard InChI is InChI=1S/C18H27N3O4Si/c1-6-15(22)11-21(12-25-7-8-26(3,4)5)18(24)16-9-14(10-19)17(23)20-13(16)2/h9H,6-8,11-12H2,1-5H3,(H,20,23). The number of amides is 1. The van der Waals surface area contributed by atoms with Gasteiger partial charge in [-0.3, -0.25) is 14.4 Å². The molecule has 142 valence electrons. The molecule has 1 aromatic heterocycles. The molecule has 1 rings (SSSR count). The first-order valence-corrected chi connectivity index (χ1v) is 12.3. The molecule has 0 spiro atoms. The lowest BCUT2D eigenvalue weighted by Gasteiger charge is -2.23. The first-order valence-electron chi connectivity index (χ1n) is 8.61. The summed E-state index contributed by atoms with van der Waals surface area (Å²) >= 11 is 0. The Hall–Kier alpha value is -2.24. The molecule has 0 saturated carbocycles. The number of nitrogens with zero attached hydrogens (tertiary/aromatic N) is 2. The van der Waals surface area contributed by atoms with Crippen LogP contribution in [-0.4, -0.2) is 49.5 Å². The molecule has 0 saturated heterocycles. The maximum atomic E-state index is 12.9. The highest BCUT2D eigenvalue weighted by Gasteiger charge is 2.22. The van der Waals surface area contributed by atoms with Crippen molar-refractivity contribution >= 4 is 19.8 Å². The van der Waals surface area contributed by atoms with Gasteiger partial charge in [-0.15, -0.1) is 0 Å². The van der Waals surface area contributed by atoms with Crippen LogP contribution in [0.2, 0.25) is 25.7 Å². The van der Waals surface area contributed by atoms with Crippen molar-refractivity contribution in [3.8, 4) is 6.07 Å². The number of aryl methyl sites for hydroxylation is 1. The fourth-order valence-corrected chi connectivity index (χ4v) is 2.91. The van der Waals surface area contributed by atoms with Crippen molar-refractivity contribution in [1.29, 1.82) is 5.26 Å². The molecule has 0 aliphatic rings. The first-order chi connectivity index (χ1) is 12.1. The fourth-order valence-electron chi connectivity index (χ4n) is 2.15. The van der Waals surface area contributed by atoms with Gasteiger partial charge in [-0.1, -0.05) is 26.6 Å². The number of nitriles is 1. The van der Waals surface area contributed by atoms with Crippen molar-refractivity contribution in [2.75, 3.05) is 19.9 Å². The molecule has 7 nitrogen and oxygen atoms in total. The first kappa shape index (κ1) is 21.8. The summed E-state index contributed by atoms with van der Waals surface area (Å²) < 4.78 is 5.63. The fraction of sp³-hybridized carbons (Fsp3) is 0.556. The number of Topliss-reactive ketones (excluding diaryl/α,β-unsaturated/α-hetero) is 1. The summed E-state index contributed by atoms with van der Waals surface area (Å²) in [4.78, 5) is 40.2. The van der Waals surface area contributed by atoms with Crippen LogP contribution in [0.5, 0.6) is 0 Å². The topological polar surface area (TPSA) is 103 Å². The van der Waals surface area contributed by atoms with E-state index in [9.17, 15) is 14.4 Å². The van der Waals surface area contributed by atoms with Gasteiger partial charge in [0.25, 0.3) is 11.5 Å². The molecular weight excluding hydrogens is 350 g/mol. The monoisotopic (exact) mass is 377 g/mol. The molecule has 0 radical (unpaired) electrons. The zero-order valence-electron chi connectivity index (χ0n) is 16.1. The summed E-state index contributed by atoms with van der Waals surface area (Å²) in [5.74, 6) is -0.528. The summed E-state index contributed by atoms with van der Waals surface area (Å²) in [6, 6.07) is 3.99. The number of aromatic nitrogens is 1. The average Bonchev–Trinajstić information content (AvgIpc) is 2.56. The number of carbonyl (C=O) groups excluding carboxylic acids is 2. The largest absolute Gasteiger partial charge is 0.361 e. The minimum atomic E-state index is -1.26. The van der Waals surface area contributed by atoms with E-state index >= 15 is 0 Å². The Balaban J connectivity index is 2.99. The molecule has 1 N–H and O–H groups in total. The van der Waals surface area contributed by atoms with Crippen molar-refractivity contribution in [3.05, 3.63) is 33.2 Å². The van der Waals surface area contributed by atoms with Crippen molar-refractivity contribution in [2.45, 2.75) is 46.0 Å². The summed E-state index contributed by atoms with van der Waals surface area (Å²) in [7, 11) is -1.26. The predicted molar refractivity (Wildman–Crippen MR) is 102 cm³/mol. The highest BCUT2D eigenvalue weighted by molar-refractivity contribution is 6.76. The number of hydrogen-bond donors (Lipinski definition) is 1. The number of nitrogens with one attached hydrogen (secondary N) is 1. The Morgan fingerprint density at radius 2 is 2.00 bits per heavy atom. The third-order valence-electron chi connectivity index (χ3n) is 3.88. The number of carbonyl (C=O) groups is 2. The van der Waals surface area contributed by atoms with E-state index in [1.54, 1.807) is 19.9 Å². The lowest BCUT2D eigenvalue weighted by atomic mass is 10.1. The molecular formula is C18H27N3O4Si. The maximum Gasteiger partial charge on any atom is 0.266 e. The van der Waals surface area contributed by atoms with Crippen LogP contribution in [-0.2, 0) is 9.53 Å². The van der Waals surface area contributed by atoms with Crippen LogP contribution in [0.25, 0.3) is 0 Å². The molecule has 0 fully saturated rings. The Kier molecular flexibility index (Phi) is 7.93. The summed E-state index contributed by atoms with van der Waals surface area (Å²) in [6.45, 7) is 10.5. The van der Waals surface area contributed by atoms with Crippen LogP contribution in [0.4, 0.5) is 0 Å². The Bertz CT molecular complexity index is 759. The minimum Gasteiger partial charge on any atom is -0.361 e. The van der Waals surface area contributed by atoms with E-state index in [1.165, 1.54) is 11.0 Å². The third-order valence-corrected chi connectivity index (χ3v) is 5.59. The van der Waals surface area contributed by atoms with Gasteiger partial charge in [0.1, 0.15) is 18.4 Å². The van der Waals surface area contributed by atoms with Gasteiger partial charge in [-0.2, -0.15) is 5.26 Å². The van der Waals surface area contributed by atoms with Gasteiger partial charge >= 0.3 is 0 Å². The van der Waals surface area contributed by atoms with Crippen molar-refractivity contribution in [2.24, 2.45) is 0 Å². The van der Waals surface area contributed by atoms with Crippen molar-refractivity contribution in [3.63, 3.8) is 0 Å². The molecule has 1 heterocycles. The molecule has 0 atom stereocenters. The number of H-pyrrole nitrogens is 1. The molecule has 26 heavy (non-hydrogen) atoms. The molecule has 0 aliphatic heterocycles. The SMILES string of the molecule is CCC(=O)CN(COCC[Si](C)(C)C)C(=O)c1cc(C#N)c(=O)[nH]c1C. The van der Waals surface area contributed by atoms with Gasteiger partial charge in [0.05, 0.1) is 12.1 Å². The highest BCUT2D eigenvalue weighted by Crippen LogP contribution is 2.11. The Labute approximate surface area is 155 Å². The van der Waals surface area contributed by atoms with Crippen LogP contribution in [0.1, 0.15) is 35.0 Å². The molecule has 8 heteroatoms. The number of ether oxygens (including phenoxy) is 1. The van der Waals surface area contributed by atoms with Gasteiger partial charge in [-0.25, -0.2) is 0 Å². The number of pyridine rings is 1. The highest BCUT2D eigenvalue weighted by atomic mass is 28.3. The van der Waals surface area contributed by atoms with Crippen LogP contribution in [0.3, 0.4) is 0 Å². The van der Waals surface area contributed by atoms with Crippen molar-refractivity contribution < 1.29 is 14.3 Å².